The quantitative estimate of drug-likeness (QED) is 0.788. The van der Waals surface area contributed by atoms with Gasteiger partial charge in [-0.1, -0.05) is 0 Å². The number of rotatable bonds is 6. The number of piperidine rings is 1. The zero-order chi connectivity index (χ0) is 13.8. The molecule has 2 aliphatic heterocycles. The minimum absolute atomic E-state index is 0.338. The molecule has 1 amide bonds. The van der Waals surface area contributed by atoms with Crippen molar-refractivity contribution in [3.05, 3.63) is 0 Å². The smallest absolute Gasteiger partial charge is 0.222 e. The van der Waals surface area contributed by atoms with Gasteiger partial charge in [0, 0.05) is 32.1 Å². The minimum Gasteiger partial charge on any atom is -0.346 e. The lowest BCUT2D eigenvalue weighted by Gasteiger charge is -2.30. The molecule has 110 valence electrons. The summed E-state index contributed by atoms with van der Waals surface area (Å²) >= 11 is 0. The Morgan fingerprint density at radius 2 is 1.74 bits per heavy atom. The Hall–Kier alpha value is -0.610. The van der Waals surface area contributed by atoms with E-state index in [9.17, 15) is 4.79 Å². The Balaban J connectivity index is 1.68. The monoisotopic (exact) mass is 267 g/mol. The first-order valence-corrected chi connectivity index (χ1v) is 7.69. The Bertz CT molecular complexity index is 294. The van der Waals surface area contributed by atoms with E-state index in [1.807, 2.05) is 11.9 Å². The number of fused-ring (bicyclic) bond motifs is 2. The van der Waals surface area contributed by atoms with Crippen molar-refractivity contribution in [2.24, 2.45) is 5.92 Å². The molecule has 0 radical (unpaired) electrons. The van der Waals surface area contributed by atoms with E-state index < -0.39 is 0 Å². The third-order valence-corrected chi connectivity index (χ3v) is 4.56. The Labute approximate surface area is 117 Å². The number of hydrogen-bond donors (Lipinski definition) is 1. The number of amides is 1. The van der Waals surface area contributed by atoms with Crippen LogP contribution in [0.15, 0.2) is 0 Å². The molecule has 2 fully saturated rings. The third kappa shape index (κ3) is 4.46. The summed E-state index contributed by atoms with van der Waals surface area (Å²) in [5, 5.41) is 3.64. The molecule has 0 aromatic heterocycles. The van der Waals surface area contributed by atoms with Crippen molar-refractivity contribution in [2.45, 2.75) is 50.6 Å². The van der Waals surface area contributed by atoms with E-state index >= 15 is 0 Å². The van der Waals surface area contributed by atoms with Gasteiger partial charge in [-0.3, -0.25) is 4.79 Å². The number of carbonyl (C=O) groups is 1. The third-order valence-electron chi connectivity index (χ3n) is 4.56. The van der Waals surface area contributed by atoms with Crippen LogP contribution < -0.4 is 5.32 Å². The van der Waals surface area contributed by atoms with Crippen LogP contribution in [0, 0.1) is 5.92 Å². The van der Waals surface area contributed by atoms with Crippen LogP contribution in [0.2, 0.25) is 0 Å². The molecule has 2 rings (SSSR count). The van der Waals surface area contributed by atoms with Crippen molar-refractivity contribution in [3.8, 4) is 0 Å². The van der Waals surface area contributed by atoms with Gasteiger partial charge in [-0.2, -0.15) is 0 Å². The van der Waals surface area contributed by atoms with Gasteiger partial charge in [-0.15, -0.1) is 0 Å². The normalized spacial score (nSPS) is 29.8. The lowest BCUT2D eigenvalue weighted by molar-refractivity contribution is -0.131. The summed E-state index contributed by atoms with van der Waals surface area (Å²) in [7, 11) is 6.10. The average molecular weight is 267 g/mol. The second kappa shape index (κ2) is 6.71. The van der Waals surface area contributed by atoms with Gasteiger partial charge in [-0.25, -0.2) is 0 Å². The van der Waals surface area contributed by atoms with Crippen LogP contribution in [-0.2, 0) is 4.79 Å². The van der Waals surface area contributed by atoms with Crippen LogP contribution in [0.25, 0.3) is 0 Å². The van der Waals surface area contributed by atoms with Crippen LogP contribution in [0.5, 0.6) is 0 Å². The summed E-state index contributed by atoms with van der Waals surface area (Å²) in [5.74, 6) is 0.951. The highest BCUT2D eigenvalue weighted by Gasteiger charge is 2.34. The van der Waals surface area contributed by atoms with E-state index in [1.165, 1.54) is 25.7 Å². The van der Waals surface area contributed by atoms with Crippen LogP contribution in [0.3, 0.4) is 0 Å². The molecule has 2 heterocycles. The summed E-state index contributed by atoms with van der Waals surface area (Å²) in [6.45, 7) is 1.93. The Kier molecular flexibility index (Phi) is 5.22. The number of nitrogens with zero attached hydrogens (tertiary/aromatic N) is 2. The van der Waals surface area contributed by atoms with Crippen molar-refractivity contribution < 1.29 is 4.79 Å². The van der Waals surface area contributed by atoms with E-state index in [-0.39, 0.29) is 0 Å². The molecule has 19 heavy (non-hydrogen) atoms. The fourth-order valence-corrected chi connectivity index (χ4v) is 3.49. The average Bonchev–Trinajstić information content (AvgIpc) is 2.68. The predicted molar refractivity (Wildman–Crippen MR) is 78.1 cm³/mol. The Morgan fingerprint density at radius 3 is 2.32 bits per heavy atom. The summed E-state index contributed by atoms with van der Waals surface area (Å²) in [4.78, 5) is 16.3. The molecular formula is C15H29N3O. The van der Waals surface area contributed by atoms with Crippen molar-refractivity contribution in [1.82, 2.24) is 15.1 Å². The molecule has 2 saturated heterocycles. The first-order chi connectivity index (χ1) is 9.04. The highest BCUT2D eigenvalue weighted by atomic mass is 16.2. The van der Waals surface area contributed by atoms with Gasteiger partial charge in [0.25, 0.3) is 0 Å². The van der Waals surface area contributed by atoms with Crippen molar-refractivity contribution in [1.29, 1.82) is 0 Å². The molecule has 4 nitrogen and oxygen atoms in total. The standard InChI is InChI=1S/C15H29N3O/c1-17(2)7-4-8-18(3)15(19)11-12-9-13-5-6-14(10-12)16-13/h12-14,16H,4-11H2,1-3H3. The lowest BCUT2D eigenvalue weighted by Crippen LogP contribution is -2.40. The largest absolute Gasteiger partial charge is 0.346 e. The minimum atomic E-state index is 0.338. The van der Waals surface area contributed by atoms with Gasteiger partial charge in [-0.05, 0) is 58.7 Å². The molecule has 2 aliphatic rings. The lowest BCUT2D eigenvalue weighted by atomic mass is 9.89. The molecule has 0 aromatic rings. The molecule has 2 unspecified atom stereocenters. The molecule has 2 atom stereocenters. The zero-order valence-corrected chi connectivity index (χ0v) is 12.7. The highest BCUT2D eigenvalue weighted by Crippen LogP contribution is 2.32. The maximum Gasteiger partial charge on any atom is 0.222 e. The summed E-state index contributed by atoms with van der Waals surface area (Å²) in [6, 6.07) is 1.38. The molecule has 0 spiro atoms. The fraction of sp³-hybridized carbons (Fsp3) is 0.933. The Morgan fingerprint density at radius 1 is 1.11 bits per heavy atom. The molecule has 2 bridgehead atoms. The van der Waals surface area contributed by atoms with Crippen LogP contribution >= 0.6 is 0 Å². The molecular weight excluding hydrogens is 238 g/mol. The van der Waals surface area contributed by atoms with E-state index in [0.717, 1.165) is 25.9 Å². The van der Waals surface area contributed by atoms with E-state index in [1.54, 1.807) is 0 Å². The van der Waals surface area contributed by atoms with Crippen LogP contribution in [0.1, 0.15) is 38.5 Å². The molecule has 0 aliphatic carbocycles. The van der Waals surface area contributed by atoms with Gasteiger partial charge < -0.3 is 15.1 Å². The maximum absolute atomic E-state index is 12.2. The predicted octanol–water partition coefficient (Wildman–Crippen LogP) is 1.32. The van der Waals surface area contributed by atoms with E-state index in [0.29, 0.717) is 23.9 Å². The van der Waals surface area contributed by atoms with Crippen molar-refractivity contribution >= 4 is 5.91 Å². The second-order valence-electron chi connectivity index (χ2n) is 6.65. The first-order valence-electron chi connectivity index (χ1n) is 7.69. The number of hydrogen-bond acceptors (Lipinski definition) is 3. The van der Waals surface area contributed by atoms with E-state index in [4.69, 9.17) is 0 Å². The molecule has 4 heteroatoms. The second-order valence-corrected chi connectivity index (χ2v) is 6.65. The summed E-state index contributed by atoms with van der Waals surface area (Å²) < 4.78 is 0. The molecule has 1 N–H and O–H groups in total. The maximum atomic E-state index is 12.2. The zero-order valence-electron chi connectivity index (χ0n) is 12.7. The van der Waals surface area contributed by atoms with Gasteiger partial charge in [0.1, 0.15) is 0 Å². The molecule has 0 aromatic carbocycles. The van der Waals surface area contributed by atoms with Gasteiger partial charge >= 0.3 is 0 Å². The number of nitrogens with one attached hydrogen (secondary N) is 1. The first kappa shape index (κ1) is 14.8. The van der Waals surface area contributed by atoms with Crippen LogP contribution in [-0.4, -0.2) is 62.0 Å². The fourth-order valence-electron chi connectivity index (χ4n) is 3.49. The van der Waals surface area contributed by atoms with Gasteiger partial charge in [0.05, 0.1) is 0 Å². The topological polar surface area (TPSA) is 35.6 Å². The van der Waals surface area contributed by atoms with Crippen LogP contribution in [0.4, 0.5) is 0 Å². The summed E-state index contributed by atoms with van der Waals surface area (Å²) in [6.07, 6.45) is 6.85. The van der Waals surface area contributed by atoms with Gasteiger partial charge in [0.15, 0.2) is 0 Å². The van der Waals surface area contributed by atoms with Crippen molar-refractivity contribution in [2.75, 3.05) is 34.2 Å². The number of carbonyl (C=O) groups excluding carboxylic acids is 1. The van der Waals surface area contributed by atoms with E-state index in [2.05, 4.69) is 24.3 Å². The molecule has 0 saturated carbocycles. The SMILES string of the molecule is CN(C)CCCN(C)C(=O)CC1CC2CCC(C1)N2. The summed E-state index contributed by atoms with van der Waals surface area (Å²) in [5.41, 5.74) is 0. The van der Waals surface area contributed by atoms with Crippen molar-refractivity contribution in [3.63, 3.8) is 0 Å². The highest BCUT2D eigenvalue weighted by molar-refractivity contribution is 5.76. The van der Waals surface area contributed by atoms with Gasteiger partial charge in [0.2, 0.25) is 5.91 Å².